The van der Waals surface area contributed by atoms with Crippen molar-refractivity contribution in [3.63, 3.8) is 0 Å². The monoisotopic (exact) mass is 317 g/mol. The van der Waals surface area contributed by atoms with E-state index in [0.717, 1.165) is 0 Å². The molecule has 0 saturated carbocycles. The molecule has 8 heteroatoms. The Hall–Kier alpha value is -1.24. The molecule has 1 N–H and O–H groups in total. The van der Waals surface area contributed by atoms with Gasteiger partial charge in [-0.25, -0.2) is 4.98 Å². The standard InChI is InChI=1S/C11H9Cl2N3O2S/c1-6-2-10(17)15-11(14-6)19-5-7-8(12)3-16(18)4-9(7)13/h2-4H,5H2,1H3,(H,14,15,17). The van der Waals surface area contributed by atoms with Crippen molar-refractivity contribution in [1.29, 1.82) is 0 Å². The van der Waals surface area contributed by atoms with E-state index in [0.29, 0.717) is 26.9 Å². The number of hydrogen-bond acceptors (Lipinski definition) is 4. The van der Waals surface area contributed by atoms with Gasteiger partial charge in [0, 0.05) is 23.1 Å². The molecule has 0 unspecified atom stereocenters. The Balaban J connectivity index is 2.21. The van der Waals surface area contributed by atoms with Gasteiger partial charge in [0.1, 0.15) is 10.0 Å². The van der Waals surface area contributed by atoms with Gasteiger partial charge in [-0.05, 0) is 6.92 Å². The van der Waals surface area contributed by atoms with Crippen LogP contribution in [0.5, 0.6) is 0 Å². The van der Waals surface area contributed by atoms with E-state index in [4.69, 9.17) is 23.2 Å². The Bertz CT molecular complexity index is 652. The van der Waals surface area contributed by atoms with Crippen LogP contribution in [0.4, 0.5) is 0 Å². The molecule has 19 heavy (non-hydrogen) atoms. The number of halogens is 2. The van der Waals surface area contributed by atoms with Gasteiger partial charge in [0.05, 0.1) is 0 Å². The highest BCUT2D eigenvalue weighted by Crippen LogP contribution is 2.28. The highest BCUT2D eigenvalue weighted by molar-refractivity contribution is 7.98. The average molecular weight is 318 g/mol. The molecule has 0 aliphatic carbocycles. The van der Waals surface area contributed by atoms with Gasteiger partial charge in [-0.3, -0.25) is 4.79 Å². The van der Waals surface area contributed by atoms with E-state index in [1.165, 1.54) is 30.2 Å². The molecule has 2 aromatic heterocycles. The Labute approximate surface area is 123 Å². The largest absolute Gasteiger partial charge is 0.619 e. The third kappa shape index (κ3) is 3.62. The minimum Gasteiger partial charge on any atom is -0.619 e. The van der Waals surface area contributed by atoms with E-state index in [-0.39, 0.29) is 15.6 Å². The molecule has 0 amide bonds. The predicted molar refractivity (Wildman–Crippen MR) is 74.6 cm³/mol. The lowest BCUT2D eigenvalue weighted by atomic mass is 10.3. The van der Waals surface area contributed by atoms with Gasteiger partial charge < -0.3 is 10.2 Å². The van der Waals surface area contributed by atoms with Crippen LogP contribution in [0.1, 0.15) is 11.3 Å². The molecule has 5 nitrogen and oxygen atoms in total. The van der Waals surface area contributed by atoms with E-state index in [1.54, 1.807) is 6.92 Å². The Kier molecular flexibility index (Phi) is 4.34. The summed E-state index contributed by atoms with van der Waals surface area (Å²) in [5.74, 6) is 0.408. The maximum absolute atomic E-state index is 11.3. The molecule has 2 heterocycles. The smallest absolute Gasteiger partial charge is 0.251 e. The minimum absolute atomic E-state index is 0.211. The van der Waals surface area contributed by atoms with Gasteiger partial charge in [-0.15, -0.1) is 0 Å². The second kappa shape index (κ2) is 5.81. The molecule has 0 atom stereocenters. The Morgan fingerprint density at radius 1 is 1.42 bits per heavy atom. The quantitative estimate of drug-likeness (QED) is 0.408. The lowest BCUT2D eigenvalue weighted by Crippen LogP contribution is -2.25. The molecular weight excluding hydrogens is 309 g/mol. The zero-order valence-electron chi connectivity index (χ0n) is 9.81. The van der Waals surface area contributed by atoms with E-state index in [1.807, 2.05) is 0 Å². The maximum atomic E-state index is 11.3. The first-order valence-electron chi connectivity index (χ1n) is 5.23. The second-order valence-corrected chi connectivity index (χ2v) is 5.55. The van der Waals surface area contributed by atoms with E-state index >= 15 is 0 Å². The summed E-state index contributed by atoms with van der Waals surface area (Å²) in [6, 6.07) is 1.41. The van der Waals surface area contributed by atoms with Gasteiger partial charge >= 0.3 is 0 Å². The SMILES string of the molecule is Cc1cc(=O)[nH]c(SCc2c(Cl)c[n+]([O-])cc2Cl)n1. The molecule has 0 aromatic carbocycles. The predicted octanol–water partition coefficient (Wildman–Crippen LogP) is 2.31. The third-order valence-corrected chi connectivity index (χ3v) is 3.81. The van der Waals surface area contributed by atoms with E-state index < -0.39 is 0 Å². The maximum Gasteiger partial charge on any atom is 0.251 e. The number of aryl methyl sites for hydroxylation is 1. The molecule has 0 aliphatic rings. The highest BCUT2D eigenvalue weighted by Gasteiger charge is 2.12. The molecule has 0 aliphatic heterocycles. The fraction of sp³-hybridized carbons (Fsp3) is 0.182. The van der Waals surface area contributed by atoms with Crippen LogP contribution in [0.15, 0.2) is 28.4 Å². The van der Waals surface area contributed by atoms with Crippen molar-refractivity contribution in [3.05, 3.63) is 55.3 Å². The first-order chi connectivity index (χ1) is 8.95. The molecular formula is C11H9Cl2N3O2S. The minimum atomic E-state index is -0.211. The van der Waals surface area contributed by atoms with Gasteiger partial charge in [-0.1, -0.05) is 35.0 Å². The van der Waals surface area contributed by atoms with Gasteiger partial charge in [0.2, 0.25) is 0 Å². The van der Waals surface area contributed by atoms with Crippen LogP contribution >= 0.6 is 35.0 Å². The summed E-state index contributed by atoms with van der Waals surface area (Å²) in [5, 5.41) is 12.2. The summed E-state index contributed by atoms with van der Waals surface area (Å²) in [7, 11) is 0. The topological polar surface area (TPSA) is 72.7 Å². The van der Waals surface area contributed by atoms with Crippen LogP contribution in [0.25, 0.3) is 0 Å². The van der Waals surface area contributed by atoms with Crippen LogP contribution in [-0.4, -0.2) is 9.97 Å². The third-order valence-electron chi connectivity index (χ3n) is 2.26. The first-order valence-corrected chi connectivity index (χ1v) is 6.97. The summed E-state index contributed by atoms with van der Waals surface area (Å²) in [6.45, 7) is 1.74. The number of H-pyrrole nitrogens is 1. The summed E-state index contributed by atoms with van der Waals surface area (Å²) in [6.07, 6.45) is 2.46. The molecule has 0 radical (unpaired) electrons. The Morgan fingerprint density at radius 3 is 2.63 bits per heavy atom. The van der Waals surface area contributed by atoms with Crippen molar-refractivity contribution >= 4 is 35.0 Å². The summed E-state index contributed by atoms with van der Waals surface area (Å²) in [5.41, 5.74) is 1.05. The number of aromatic nitrogens is 3. The van der Waals surface area contributed by atoms with Crippen molar-refractivity contribution < 1.29 is 4.73 Å². The van der Waals surface area contributed by atoms with E-state index in [2.05, 4.69) is 9.97 Å². The number of nitrogens with zero attached hydrogens (tertiary/aromatic N) is 2. The lowest BCUT2D eigenvalue weighted by molar-refractivity contribution is -0.605. The molecule has 0 saturated heterocycles. The van der Waals surface area contributed by atoms with Gasteiger partial charge in [0.25, 0.3) is 5.56 Å². The molecule has 100 valence electrons. The zero-order chi connectivity index (χ0) is 14.0. The van der Waals surface area contributed by atoms with Crippen molar-refractivity contribution in [3.8, 4) is 0 Å². The molecule has 2 rings (SSSR count). The zero-order valence-corrected chi connectivity index (χ0v) is 12.1. The van der Waals surface area contributed by atoms with Crippen molar-refractivity contribution in [2.24, 2.45) is 0 Å². The van der Waals surface area contributed by atoms with E-state index in [9.17, 15) is 10.0 Å². The molecule has 0 fully saturated rings. The number of nitrogens with one attached hydrogen (secondary N) is 1. The van der Waals surface area contributed by atoms with Crippen molar-refractivity contribution in [1.82, 2.24) is 9.97 Å². The average Bonchev–Trinajstić information content (AvgIpc) is 2.25. The normalized spacial score (nSPS) is 10.7. The highest BCUT2D eigenvalue weighted by atomic mass is 35.5. The van der Waals surface area contributed by atoms with Crippen LogP contribution < -0.4 is 10.3 Å². The summed E-state index contributed by atoms with van der Waals surface area (Å²) in [4.78, 5) is 18.1. The van der Waals surface area contributed by atoms with Gasteiger partial charge in [0.15, 0.2) is 17.6 Å². The lowest BCUT2D eigenvalue weighted by Gasteiger charge is -2.06. The number of hydrogen-bond donors (Lipinski definition) is 1. The van der Waals surface area contributed by atoms with Crippen molar-refractivity contribution in [2.75, 3.05) is 0 Å². The first kappa shape index (κ1) is 14.2. The Morgan fingerprint density at radius 2 is 2.05 bits per heavy atom. The second-order valence-electron chi connectivity index (χ2n) is 3.77. The number of thioether (sulfide) groups is 1. The van der Waals surface area contributed by atoms with Crippen LogP contribution in [0, 0.1) is 12.1 Å². The number of pyridine rings is 1. The summed E-state index contributed by atoms with van der Waals surface area (Å²) < 4.78 is 0.547. The van der Waals surface area contributed by atoms with Crippen LogP contribution in [-0.2, 0) is 5.75 Å². The number of rotatable bonds is 3. The molecule has 0 spiro atoms. The van der Waals surface area contributed by atoms with Crippen molar-refractivity contribution in [2.45, 2.75) is 17.8 Å². The number of aromatic amines is 1. The summed E-state index contributed by atoms with van der Waals surface area (Å²) >= 11 is 13.2. The van der Waals surface area contributed by atoms with Crippen LogP contribution in [0.3, 0.4) is 0 Å². The fourth-order valence-electron chi connectivity index (χ4n) is 1.43. The van der Waals surface area contributed by atoms with Gasteiger partial charge in [-0.2, -0.15) is 4.73 Å². The molecule has 0 bridgehead atoms. The molecule has 2 aromatic rings. The van der Waals surface area contributed by atoms with Crippen LogP contribution in [0.2, 0.25) is 10.0 Å². The fourth-order valence-corrected chi connectivity index (χ4v) is 3.14.